The lowest BCUT2D eigenvalue weighted by molar-refractivity contribution is -0.0000370. The highest BCUT2D eigenvalue weighted by Crippen LogP contribution is 2.45. The molecule has 4 aromatic rings. The van der Waals surface area contributed by atoms with Gasteiger partial charge in [-0.1, -0.05) is 31.9 Å². The van der Waals surface area contributed by atoms with Crippen molar-refractivity contribution >= 4 is 72.9 Å². The molecule has 11 heteroatoms. The topological polar surface area (TPSA) is 97.1 Å². The third kappa shape index (κ3) is 8.57. The van der Waals surface area contributed by atoms with Crippen molar-refractivity contribution in [3.8, 4) is 6.07 Å². The Balaban J connectivity index is 0.000000228. The van der Waals surface area contributed by atoms with Gasteiger partial charge < -0.3 is 31.4 Å². The number of hydrogen-bond donors (Lipinski definition) is 1. The van der Waals surface area contributed by atoms with Gasteiger partial charge in [-0.2, -0.15) is 5.26 Å². The fourth-order valence-corrected chi connectivity index (χ4v) is 5.44. The summed E-state index contributed by atoms with van der Waals surface area (Å²) < 4.78 is 13.6. The molecule has 1 fully saturated rings. The third-order valence-corrected chi connectivity index (χ3v) is 8.27. The number of carbonyl (C=O) groups is 2. The van der Waals surface area contributed by atoms with Crippen molar-refractivity contribution in [1.82, 2.24) is 9.55 Å². The summed E-state index contributed by atoms with van der Waals surface area (Å²) in [5.74, 6) is -0.608. The number of nitrogens with one attached hydrogen (secondary N) is 1. The van der Waals surface area contributed by atoms with Crippen LogP contribution in [0.1, 0.15) is 46.0 Å². The Kier molecular flexibility index (Phi) is 12.7. The van der Waals surface area contributed by atoms with Gasteiger partial charge in [0, 0.05) is 70.9 Å². The minimum atomic E-state index is -0.777. The Bertz CT molecular complexity index is 1520. The van der Waals surface area contributed by atoms with Gasteiger partial charge in [0.2, 0.25) is 0 Å². The molecule has 0 aliphatic heterocycles. The van der Waals surface area contributed by atoms with E-state index in [0.29, 0.717) is 17.2 Å². The van der Waals surface area contributed by atoms with Crippen LogP contribution in [-0.4, -0.2) is 61.9 Å². The lowest BCUT2D eigenvalue weighted by Crippen LogP contribution is -3.00. The Labute approximate surface area is 258 Å². The van der Waals surface area contributed by atoms with E-state index in [2.05, 4.69) is 79.7 Å². The van der Waals surface area contributed by atoms with Crippen molar-refractivity contribution in [2.45, 2.75) is 25.3 Å². The second-order valence-electron chi connectivity index (χ2n) is 10.2. The maximum atomic E-state index is 11.8. The number of esters is 2. The molecule has 0 atom stereocenters. The van der Waals surface area contributed by atoms with Gasteiger partial charge in [-0.15, -0.1) is 0 Å². The number of ether oxygens (including phenoxy) is 2. The zero-order valence-corrected chi connectivity index (χ0v) is 28.0. The van der Waals surface area contributed by atoms with Gasteiger partial charge in [0.15, 0.2) is 0 Å². The Morgan fingerprint density at radius 1 is 1.00 bits per heavy atom. The van der Waals surface area contributed by atoms with Crippen LogP contribution in [0.5, 0.6) is 0 Å². The van der Waals surface area contributed by atoms with Crippen LogP contribution in [0.4, 0.5) is 0 Å². The van der Waals surface area contributed by atoms with E-state index in [-0.39, 0.29) is 24.3 Å². The highest BCUT2D eigenvalue weighted by atomic mass is 79.9. The lowest BCUT2D eigenvalue weighted by Gasteiger charge is -2.28. The van der Waals surface area contributed by atoms with E-state index in [1.807, 2.05) is 24.3 Å². The van der Waals surface area contributed by atoms with Crippen LogP contribution in [0.15, 0.2) is 57.7 Å². The van der Waals surface area contributed by atoms with Crippen LogP contribution in [-0.2, 0) is 9.47 Å². The molecule has 0 saturated heterocycles. The maximum absolute atomic E-state index is 11.8. The molecule has 0 unspecified atom stereocenters. The van der Waals surface area contributed by atoms with E-state index in [1.54, 1.807) is 12.3 Å². The molecular formula is C29H33Br2ClN3O4P. The van der Waals surface area contributed by atoms with Gasteiger partial charge in [-0.05, 0) is 55.7 Å². The zero-order chi connectivity index (χ0) is 28.7. The molecule has 1 aliphatic carbocycles. The highest BCUT2D eigenvalue weighted by Gasteiger charge is 2.22. The van der Waals surface area contributed by atoms with Gasteiger partial charge in [-0.3, -0.25) is 0 Å². The van der Waals surface area contributed by atoms with E-state index in [4.69, 9.17) is 14.7 Å². The molecule has 1 N–H and O–H groups in total. The predicted octanol–water partition coefficient (Wildman–Crippen LogP) is 5.05. The molecule has 214 valence electrons. The van der Waals surface area contributed by atoms with Crippen molar-refractivity contribution in [3.63, 3.8) is 0 Å². The molecule has 5 rings (SSSR count). The second kappa shape index (κ2) is 15.0. The van der Waals surface area contributed by atoms with Crippen molar-refractivity contribution in [1.29, 1.82) is 5.26 Å². The first-order chi connectivity index (χ1) is 18.5. The van der Waals surface area contributed by atoms with Crippen LogP contribution < -0.4 is 12.4 Å². The smallest absolute Gasteiger partial charge is 0.338 e. The molecule has 0 bridgehead atoms. The highest BCUT2D eigenvalue weighted by molar-refractivity contribution is 9.10. The third-order valence-electron chi connectivity index (χ3n) is 6.26. The molecule has 2 heterocycles. The minimum Gasteiger partial charge on any atom is -1.00 e. The number of nitrogens with zero attached hydrogens (tertiary/aromatic N) is 2. The SMILES string of the molecule is COC(=O)c1cc(Br)cc2[nH]ccc12.COC(=O)c1cc(Br)cc2c1ccn2C1CCC1.C[P+](C)(C)CC#N.[Cl-]. The number of rotatable bonds is 4. The molecule has 2 aromatic carbocycles. The van der Waals surface area contributed by atoms with Crippen molar-refractivity contribution < 1.29 is 31.5 Å². The monoisotopic (exact) mass is 711 g/mol. The summed E-state index contributed by atoms with van der Waals surface area (Å²) in [6.45, 7) is 6.49. The van der Waals surface area contributed by atoms with E-state index < -0.39 is 7.26 Å². The van der Waals surface area contributed by atoms with Crippen LogP contribution in [0, 0.1) is 11.3 Å². The number of aromatic nitrogens is 2. The number of aromatic amines is 1. The Hall–Kier alpha value is -2.37. The molecule has 1 aliphatic rings. The van der Waals surface area contributed by atoms with E-state index in [9.17, 15) is 9.59 Å². The van der Waals surface area contributed by atoms with E-state index >= 15 is 0 Å². The fraction of sp³-hybridized carbons (Fsp3) is 0.345. The molecule has 0 radical (unpaired) electrons. The first-order valence-electron chi connectivity index (χ1n) is 12.4. The molecule has 0 spiro atoms. The average Bonchev–Trinajstić information content (AvgIpc) is 3.48. The average molecular weight is 714 g/mol. The number of nitriles is 1. The van der Waals surface area contributed by atoms with Crippen LogP contribution in [0.3, 0.4) is 0 Å². The Morgan fingerprint density at radius 3 is 2.05 bits per heavy atom. The van der Waals surface area contributed by atoms with Gasteiger partial charge in [0.1, 0.15) is 12.2 Å². The maximum Gasteiger partial charge on any atom is 0.338 e. The first kappa shape index (κ1) is 33.8. The Morgan fingerprint density at radius 2 is 1.57 bits per heavy atom. The summed E-state index contributed by atoms with van der Waals surface area (Å²) in [5.41, 5.74) is 3.22. The zero-order valence-electron chi connectivity index (χ0n) is 23.1. The molecule has 2 aromatic heterocycles. The van der Waals surface area contributed by atoms with Gasteiger partial charge >= 0.3 is 11.9 Å². The number of hydrogen-bond acceptors (Lipinski definition) is 5. The van der Waals surface area contributed by atoms with Gasteiger partial charge in [0.05, 0.1) is 30.9 Å². The number of H-pyrrole nitrogens is 1. The molecule has 40 heavy (non-hydrogen) atoms. The van der Waals surface area contributed by atoms with Crippen molar-refractivity contribution in [2.75, 3.05) is 40.4 Å². The summed E-state index contributed by atoms with van der Waals surface area (Å²) in [5, 5.41) is 10.0. The number of halogens is 3. The van der Waals surface area contributed by atoms with E-state index in [1.165, 1.54) is 33.5 Å². The molecule has 0 amide bonds. The molecule has 7 nitrogen and oxygen atoms in total. The standard InChI is InChI=1S/C14H14BrNO2.C10H8BrNO2.C5H11NP.ClH/c1-18-14(17)12-7-9(15)8-13-11(12)5-6-16(13)10-3-2-4-10;1-14-10(13)8-4-6(11)5-9-7(8)2-3-12-9;1-7(2,3)5-4-6;/h5-8,10H,2-4H2,1H3;2-5,12H,1H3;5H2,1-3H3;1H/q;;+1;/p-1. The summed E-state index contributed by atoms with van der Waals surface area (Å²) >= 11 is 6.81. The summed E-state index contributed by atoms with van der Waals surface area (Å²) in [6, 6.07) is 14.2. The number of fused-ring (bicyclic) bond motifs is 2. The number of methoxy groups -OCH3 is 2. The summed E-state index contributed by atoms with van der Waals surface area (Å²) in [7, 11) is 2.01. The van der Waals surface area contributed by atoms with Crippen LogP contribution in [0.25, 0.3) is 21.8 Å². The van der Waals surface area contributed by atoms with E-state index in [0.717, 1.165) is 36.9 Å². The van der Waals surface area contributed by atoms with Crippen LogP contribution in [0.2, 0.25) is 0 Å². The quantitative estimate of drug-likeness (QED) is 0.236. The molecular weight excluding hydrogens is 681 g/mol. The van der Waals surface area contributed by atoms with Crippen LogP contribution >= 0.6 is 39.1 Å². The lowest BCUT2D eigenvalue weighted by atomic mass is 9.93. The van der Waals surface area contributed by atoms with Gasteiger partial charge in [-0.25, -0.2) is 9.59 Å². The largest absolute Gasteiger partial charge is 1.00 e. The minimum absolute atomic E-state index is 0. The van der Waals surface area contributed by atoms with Gasteiger partial charge in [0.25, 0.3) is 0 Å². The fourth-order valence-electron chi connectivity index (χ4n) is 4.11. The normalized spacial score (nSPS) is 12.6. The summed E-state index contributed by atoms with van der Waals surface area (Å²) in [4.78, 5) is 26.3. The van der Waals surface area contributed by atoms with Crippen molar-refractivity contribution in [2.24, 2.45) is 0 Å². The first-order valence-corrected chi connectivity index (χ1v) is 17.3. The second-order valence-corrected chi connectivity index (χ2v) is 16.9. The number of carbonyl (C=O) groups excluding carboxylic acids is 2. The molecule has 1 saturated carbocycles. The predicted molar refractivity (Wildman–Crippen MR) is 166 cm³/mol. The summed E-state index contributed by atoms with van der Waals surface area (Å²) in [6.07, 6.45) is 8.37. The number of benzene rings is 2. The van der Waals surface area contributed by atoms with Crippen molar-refractivity contribution in [3.05, 3.63) is 68.9 Å².